The topological polar surface area (TPSA) is 75.7 Å². The summed E-state index contributed by atoms with van der Waals surface area (Å²) in [6.07, 6.45) is 0. The smallest absolute Gasteiger partial charge is 0.264 e. The number of amides is 1. The van der Waals surface area contributed by atoms with Gasteiger partial charge < -0.3 is 5.32 Å². The molecule has 0 spiro atoms. The Bertz CT molecular complexity index is 1110. The van der Waals surface area contributed by atoms with Gasteiger partial charge in [0.1, 0.15) is 0 Å². The number of nitrogens with zero attached hydrogens (tertiary/aromatic N) is 1. The summed E-state index contributed by atoms with van der Waals surface area (Å²) in [4.78, 5) is 17.5. The summed E-state index contributed by atoms with van der Waals surface area (Å²) in [5.41, 5.74) is 1.26. The van der Waals surface area contributed by atoms with Gasteiger partial charge in [0.2, 0.25) is 0 Å². The molecule has 0 aliphatic heterocycles. The van der Waals surface area contributed by atoms with E-state index in [1.165, 1.54) is 32.4 Å². The molecule has 3 aromatic rings. The molecule has 0 aliphatic rings. The monoisotopic (exact) mass is 398 g/mol. The zero-order valence-corrected chi connectivity index (χ0v) is 16.7. The van der Waals surface area contributed by atoms with Gasteiger partial charge in [-0.1, -0.05) is 53.0 Å². The highest BCUT2D eigenvalue weighted by Crippen LogP contribution is 2.24. The lowest BCUT2D eigenvalue weighted by molar-refractivity contribution is -0.0258. The SMILES string of the molecule is CON(C)S(=O)(=O)c1cccc(C(=O)NC(C)c2cccc3ccccc23)c1. The summed E-state index contributed by atoms with van der Waals surface area (Å²) in [6.45, 7) is 1.90. The number of fused-ring (bicyclic) bond motifs is 1. The van der Waals surface area contributed by atoms with Crippen LogP contribution in [0.2, 0.25) is 0 Å². The van der Waals surface area contributed by atoms with Gasteiger partial charge in [0.15, 0.2) is 0 Å². The van der Waals surface area contributed by atoms with Crippen molar-refractivity contribution < 1.29 is 18.0 Å². The van der Waals surface area contributed by atoms with E-state index >= 15 is 0 Å². The Balaban J connectivity index is 1.86. The maximum Gasteiger partial charge on any atom is 0.264 e. The van der Waals surface area contributed by atoms with Gasteiger partial charge >= 0.3 is 0 Å². The first-order chi connectivity index (χ1) is 13.3. The Kier molecular flexibility index (Phi) is 5.79. The van der Waals surface area contributed by atoms with E-state index in [0.717, 1.165) is 20.8 Å². The van der Waals surface area contributed by atoms with Gasteiger partial charge in [0, 0.05) is 12.6 Å². The molecular weight excluding hydrogens is 376 g/mol. The highest BCUT2D eigenvalue weighted by molar-refractivity contribution is 7.89. The van der Waals surface area contributed by atoms with E-state index in [1.54, 1.807) is 6.07 Å². The number of nitrogens with one attached hydrogen (secondary N) is 1. The Labute approximate surface area is 164 Å². The first-order valence-electron chi connectivity index (χ1n) is 8.76. The van der Waals surface area contributed by atoms with Gasteiger partial charge in [-0.05, 0) is 41.5 Å². The van der Waals surface area contributed by atoms with Crippen molar-refractivity contribution in [2.75, 3.05) is 14.2 Å². The third kappa shape index (κ3) is 3.91. The molecule has 28 heavy (non-hydrogen) atoms. The van der Waals surface area contributed by atoms with Crippen molar-refractivity contribution in [3.8, 4) is 0 Å². The third-order valence-electron chi connectivity index (χ3n) is 4.63. The van der Waals surface area contributed by atoms with Crippen molar-refractivity contribution in [1.29, 1.82) is 0 Å². The van der Waals surface area contributed by atoms with Gasteiger partial charge in [0.05, 0.1) is 18.0 Å². The number of carbonyl (C=O) groups is 1. The molecule has 1 N–H and O–H groups in total. The van der Waals surface area contributed by atoms with Crippen molar-refractivity contribution in [1.82, 2.24) is 9.79 Å². The molecule has 146 valence electrons. The molecule has 6 nitrogen and oxygen atoms in total. The molecule has 0 bridgehead atoms. The molecule has 0 aliphatic carbocycles. The van der Waals surface area contributed by atoms with E-state index < -0.39 is 10.0 Å². The van der Waals surface area contributed by atoms with Crippen LogP contribution in [0.5, 0.6) is 0 Å². The summed E-state index contributed by atoms with van der Waals surface area (Å²) in [5.74, 6) is -0.349. The highest BCUT2D eigenvalue weighted by Gasteiger charge is 2.22. The van der Waals surface area contributed by atoms with Crippen LogP contribution in [0.1, 0.15) is 28.9 Å². The van der Waals surface area contributed by atoms with Crippen molar-refractivity contribution in [3.63, 3.8) is 0 Å². The summed E-state index contributed by atoms with van der Waals surface area (Å²) in [5, 5.41) is 5.11. The van der Waals surface area contributed by atoms with Gasteiger partial charge in [-0.15, -0.1) is 0 Å². The van der Waals surface area contributed by atoms with Crippen LogP contribution in [0.25, 0.3) is 10.8 Å². The minimum Gasteiger partial charge on any atom is -0.345 e. The molecule has 0 saturated carbocycles. The summed E-state index contributed by atoms with van der Waals surface area (Å²) in [6, 6.07) is 19.6. The van der Waals surface area contributed by atoms with E-state index in [-0.39, 0.29) is 22.4 Å². The molecule has 0 saturated heterocycles. The van der Waals surface area contributed by atoms with Crippen LogP contribution >= 0.6 is 0 Å². The molecule has 1 unspecified atom stereocenters. The molecule has 0 heterocycles. The molecule has 0 aromatic heterocycles. The average molecular weight is 398 g/mol. The second-order valence-electron chi connectivity index (χ2n) is 6.39. The van der Waals surface area contributed by atoms with Crippen molar-refractivity contribution in [2.45, 2.75) is 17.9 Å². The molecule has 1 atom stereocenters. The average Bonchev–Trinajstić information content (AvgIpc) is 2.72. The fourth-order valence-electron chi connectivity index (χ4n) is 3.03. The minimum absolute atomic E-state index is 0.0117. The predicted octanol–water partition coefficient (Wildman–Crippen LogP) is 3.51. The van der Waals surface area contributed by atoms with Crippen molar-refractivity contribution in [3.05, 3.63) is 77.9 Å². The van der Waals surface area contributed by atoms with Gasteiger partial charge in [-0.25, -0.2) is 8.42 Å². The number of carbonyl (C=O) groups excluding carboxylic acids is 1. The number of sulfonamides is 1. The molecule has 0 fully saturated rings. The van der Waals surface area contributed by atoms with Crippen LogP contribution in [0.4, 0.5) is 0 Å². The van der Waals surface area contributed by atoms with E-state index in [9.17, 15) is 13.2 Å². The van der Waals surface area contributed by atoms with Gasteiger partial charge in [-0.3, -0.25) is 9.63 Å². The van der Waals surface area contributed by atoms with Crippen LogP contribution < -0.4 is 5.32 Å². The number of rotatable bonds is 6. The number of hydroxylamine groups is 1. The first kappa shape index (κ1) is 20.0. The van der Waals surface area contributed by atoms with Gasteiger partial charge in [-0.2, -0.15) is 0 Å². The molecule has 3 aromatic carbocycles. The molecule has 1 amide bonds. The fraction of sp³-hybridized carbons (Fsp3) is 0.190. The normalized spacial score (nSPS) is 12.9. The quantitative estimate of drug-likeness (QED) is 0.645. The number of hydrogen-bond acceptors (Lipinski definition) is 4. The summed E-state index contributed by atoms with van der Waals surface area (Å²) < 4.78 is 25.5. The Hall–Kier alpha value is -2.74. The van der Waals surface area contributed by atoms with Crippen LogP contribution in [0.3, 0.4) is 0 Å². The maximum absolute atomic E-state index is 12.7. The zero-order valence-electron chi connectivity index (χ0n) is 15.9. The molecule has 0 radical (unpaired) electrons. The van der Waals surface area contributed by atoms with E-state index in [4.69, 9.17) is 4.84 Å². The highest BCUT2D eigenvalue weighted by atomic mass is 32.2. The van der Waals surface area contributed by atoms with Crippen molar-refractivity contribution >= 4 is 26.7 Å². The summed E-state index contributed by atoms with van der Waals surface area (Å²) in [7, 11) is -1.26. The molecule has 7 heteroatoms. The Morgan fingerprint density at radius 2 is 1.71 bits per heavy atom. The molecular formula is C21H22N2O4S. The lowest BCUT2D eigenvalue weighted by atomic mass is 9.99. The third-order valence-corrected chi connectivity index (χ3v) is 6.30. The molecule has 3 rings (SSSR count). The first-order valence-corrected chi connectivity index (χ1v) is 10.2. The van der Waals surface area contributed by atoms with E-state index in [0.29, 0.717) is 0 Å². The second kappa shape index (κ2) is 8.10. The summed E-state index contributed by atoms with van der Waals surface area (Å²) >= 11 is 0. The van der Waals surface area contributed by atoms with E-state index in [2.05, 4.69) is 5.32 Å². The van der Waals surface area contributed by atoms with Crippen LogP contribution in [0, 0.1) is 0 Å². The lowest BCUT2D eigenvalue weighted by Crippen LogP contribution is -2.28. The fourth-order valence-corrected chi connectivity index (χ4v) is 4.05. The van der Waals surface area contributed by atoms with Gasteiger partial charge in [0.25, 0.3) is 15.9 Å². The second-order valence-corrected chi connectivity index (χ2v) is 8.32. The minimum atomic E-state index is -3.82. The maximum atomic E-state index is 12.7. The standard InChI is InChI=1S/C21H22N2O4S/c1-15(19-13-7-9-16-8-4-5-12-20(16)19)22-21(24)17-10-6-11-18(14-17)28(25,26)23(2)27-3/h4-15H,1-3H3,(H,22,24). The number of benzene rings is 3. The van der Waals surface area contributed by atoms with Crippen LogP contribution in [-0.2, 0) is 14.9 Å². The lowest BCUT2D eigenvalue weighted by Gasteiger charge is -2.18. The van der Waals surface area contributed by atoms with Crippen LogP contribution in [-0.4, -0.2) is 33.0 Å². The van der Waals surface area contributed by atoms with E-state index in [1.807, 2.05) is 49.4 Å². The Morgan fingerprint density at radius 1 is 1.04 bits per heavy atom. The largest absolute Gasteiger partial charge is 0.345 e. The van der Waals surface area contributed by atoms with Crippen molar-refractivity contribution in [2.24, 2.45) is 0 Å². The Morgan fingerprint density at radius 3 is 2.46 bits per heavy atom. The predicted molar refractivity (Wildman–Crippen MR) is 108 cm³/mol. The zero-order chi connectivity index (χ0) is 20.3. The van der Waals surface area contributed by atoms with Crippen LogP contribution in [0.15, 0.2) is 71.6 Å². The number of hydrogen-bond donors (Lipinski definition) is 1.